The van der Waals surface area contributed by atoms with Crippen molar-refractivity contribution in [1.29, 1.82) is 0 Å². The van der Waals surface area contributed by atoms with Gasteiger partial charge in [-0.1, -0.05) is 18.2 Å². The predicted octanol–water partition coefficient (Wildman–Crippen LogP) is 0.842. The molecule has 2 N–H and O–H groups in total. The number of H-pyrrole nitrogens is 1. The molecule has 1 saturated heterocycles. The predicted molar refractivity (Wildman–Crippen MR) is 72.2 cm³/mol. The second-order valence-corrected chi connectivity index (χ2v) is 5.05. The van der Waals surface area contributed by atoms with Gasteiger partial charge in [-0.2, -0.15) is 0 Å². The van der Waals surface area contributed by atoms with Crippen molar-refractivity contribution in [2.45, 2.75) is 19.0 Å². The number of aromatic nitrogens is 2. The van der Waals surface area contributed by atoms with E-state index in [2.05, 4.69) is 32.3 Å². The van der Waals surface area contributed by atoms with Gasteiger partial charge in [0.25, 0.3) is 5.91 Å². The van der Waals surface area contributed by atoms with Crippen LogP contribution in [0, 0.1) is 5.92 Å². The van der Waals surface area contributed by atoms with Crippen molar-refractivity contribution in [2.75, 3.05) is 13.6 Å². The Morgan fingerprint density at radius 3 is 3.26 bits per heavy atom. The minimum Gasteiger partial charge on any atom is -0.355 e. The number of carbonyl (C=O) groups is 1. The zero-order valence-corrected chi connectivity index (χ0v) is 11.0. The molecule has 0 aromatic carbocycles. The number of likely N-dealkylation sites (tertiary alicyclic amines) is 1. The van der Waals surface area contributed by atoms with E-state index in [1.165, 1.54) is 0 Å². The topological polar surface area (TPSA) is 61.0 Å². The number of carbonyl (C=O) groups excluding carboxylic acids is 1. The fraction of sp³-hybridized carbons (Fsp3) is 0.429. The monoisotopic (exact) mass is 258 g/mol. The highest BCUT2D eigenvalue weighted by molar-refractivity contribution is 5.96. The third-order valence-electron chi connectivity index (χ3n) is 3.90. The van der Waals surface area contributed by atoms with Crippen molar-refractivity contribution in [2.24, 2.45) is 5.92 Å². The number of nitrogens with zero attached hydrogens (tertiary/aromatic N) is 2. The van der Waals surface area contributed by atoms with Crippen LogP contribution in [0.15, 0.2) is 36.3 Å². The number of imidazole rings is 1. The van der Waals surface area contributed by atoms with Crippen LogP contribution in [0.4, 0.5) is 0 Å². The molecule has 0 bridgehead atoms. The fourth-order valence-corrected chi connectivity index (χ4v) is 2.88. The summed E-state index contributed by atoms with van der Waals surface area (Å²) in [6.45, 7) is 1.91. The number of hydrogen-bond acceptors (Lipinski definition) is 3. The minimum absolute atomic E-state index is 0.0110. The molecule has 1 aliphatic heterocycles. The fourth-order valence-electron chi connectivity index (χ4n) is 2.88. The lowest BCUT2D eigenvalue weighted by atomic mass is 9.92. The van der Waals surface area contributed by atoms with E-state index >= 15 is 0 Å². The van der Waals surface area contributed by atoms with Gasteiger partial charge in [0.15, 0.2) is 0 Å². The van der Waals surface area contributed by atoms with Crippen molar-refractivity contribution in [1.82, 2.24) is 20.2 Å². The van der Waals surface area contributed by atoms with Crippen molar-refractivity contribution in [3.8, 4) is 0 Å². The van der Waals surface area contributed by atoms with Crippen LogP contribution in [0.5, 0.6) is 0 Å². The molecule has 1 aromatic rings. The van der Waals surface area contributed by atoms with Gasteiger partial charge in [-0.25, -0.2) is 4.98 Å². The Labute approximate surface area is 112 Å². The van der Waals surface area contributed by atoms with E-state index < -0.39 is 0 Å². The maximum Gasteiger partial charge on any atom is 0.250 e. The highest BCUT2D eigenvalue weighted by atomic mass is 16.1. The molecule has 1 fully saturated rings. The van der Waals surface area contributed by atoms with E-state index in [9.17, 15) is 4.79 Å². The second kappa shape index (κ2) is 5.01. The summed E-state index contributed by atoms with van der Waals surface area (Å²) in [5, 5.41) is 2.68. The van der Waals surface area contributed by atoms with Gasteiger partial charge in [-0.15, -0.1) is 0 Å². The number of likely N-dealkylation sites (N-methyl/N-ethyl adjacent to an activating group) is 1. The SMILES string of the molecule is CNC(=O)C1=CC2C(C=C1)CCN2Cc1cnc[nH]1. The number of aromatic amines is 1. The van der Waals surface area contributed by atoms with Crippen molar-refractivity contribution < 1.29 is 4.79 Å². The standard InChI is InChI=1S/C14H18N4O/c1-15-14(19)11-3-2-10-4-5-18(13(10)6-11)8-12-7-16-9-17-12/h2-3,6-7,9-10,13H,4-5,8H2,1H3,(H,15,19)(H,16,17). The van der Waals surface area contributed by atoms with Crippen molar-refractivity contribution >= 4 is 5.91 Å². The molecule has 5 heteroatoms. The van der Waals surface area contributed by atoms with Gasteiger partial charge in [0.1, 0.15) is 0 Å². The smallest absolute Gasteiger partial charge is 0.250 e. The summed E-state index contributed by atoms with van der Waals surface area (Å²) in [4.78, 5) is 21.3. The van der Waals surface area contributed by atoms with Crippen LogP contribution in [-0.4, -0.2) is 40.4 Å². The highest BCUT2D eigenvalue weighted by Crippen LogP contribution is 2.31. The molecule has 5 nitrogen and oxygen atoms in total. The molecule has 0 spiro atoms. The quantitative estimate of drug-likeness (QED) is 0.844. The molecule has 2 heterocycles. The van der Waals surface area contributed by atoms with Crippen LogP contribution in [-0.2, 0) is 11.3 Å². The Hall–Kier alpha value is -1.88. The average molecular weight is 258 g/mol. The summed E-state index contributed by atoms with van der Waals surface area (Å²) in [7, 11) is 1.67. The van der Waals surface area contributed by atoms with Crippen molar-refractivity contribution in [3.63, 3.8) is 0 Å². The largest absolute Gasteiger partial charge is 0.355 e. The summed E-state index contributed by atoms with van der Waals surface area (Å²) in [5.74, 6) is 0.513. The first-order chi connectivity index (χ1) is 9.28. The molecule has 1 amide bonds. The second-order valence-electron chi connectivity index (χ2n) is 5.05. The summed E-state index contributed by atoms with van der Waals surface area (Å²) in [6, 6.07) is 0.320. The molecule has 1 aliphatic carbocycles. The molecular weight excluding hydrogens is 240 g/mol. The molecule has 0 radical (unpaired) electrons. The zero-order chi connectivity index (χ0) is 13.2. The van der Waals surface area contributed by atoms with E-state index in [-0.39, 0.29) is 5.91 Å². The molecular formula is C14H18N4O. The molecule has 1 aromatic heterocycles. The van der Waals surface area contributed by atoms with E-state index in [1.54, 1.807) is 13.4 Å². The first kappa shape index (κ1) is 12.2. The lowest BCUT2D eigenvalue weighted by molar-refractivity contribution is -0.116. The van der Waals surface area contributed by atoms with Gasteiger partial charge < -0.3 is 10.3 Å². The zero-order valence-electron chi connectivity index (χ0n) is 11.0. The van der Waals surface area contributed by atoms with Gasteiger partial charge in [0.2, 0.25) is 0 Å². The number of nitrogens with one attached hydrogen (secondary N) is 2. The Kier molecular flexibility index (Phi) is 3.21. The molecule has 2 unspecified atom stereocenters. The van der Waals surface area contributed by atoms with E-state index in [0.717, 1.165) is 30.8 Å². The summed E-state index contributed by atoms with van der Waals surface area (Å²) in [5.41, 5.74) is 1.88. The third kappa shape index (κ3) is 2.33. The van der Waals surface area contributed by atoms with Gasteiger partial charge >= 0.3 is 0 Å². The van der Waals surface area contributed by atoms with Crippen LogP contribution in [0.25, 0.3) is 0 Å². The Morgan fingerprint density at radius 1 is 1.63 bits per heavy atom. The lowest BCUT2D eigenvalue weighted by Gasteiger charge is -2.26. The third-order valence-corrected chi connectivity index (χ3v) is 3.90. The Balaban J connectivity index is 1.77. The first-order valence-corrected chi connectivity index (χ1v) is 6.61. The average Bonchev–Trinajstić information content (AvgIpc) is 3.08. The normalized spacial score (nSPS) is 26.1. The minimum atomic E-state index is -0.0110. The summed E-state index contributed by atoms with van der Waals surface area (Å²) < 4.78 is 0. The van der Waals surface area contributed by atoms with Gasteiger partial charge in [-0.05, 0) is 18.9 Å². The molecule has 100 valence electrons. The van der Waals surface area contributed by atoms with Crippen LogP contribution < -0.4 is 5.32 Å². The Morgan fingerprint density at radius 2 is 2.53 bits per heavy atom. The summed E-state index contributed by atoms with van der Waals surface area (Å²) in [6.07, 6.45) is 10.9. The van der Waals surface area contributed by atoms with Gasteiger partial charge in [-0.3, -0.25) is 9.69 Å². The highest BCUT2D eigenvalue weighted by Gasteiger charge is 2.33. The number of rotatable bonds is 3. The van der Waals surface area contributed by atoms with Gasteiger partial charge in [0.05, 0.1) is 6.33 Å². The molecule has 2 aliphatic rings. The molecule has 0 saturated carbocycles. The van der Waals surface area contributed by atoms with Crippen LogP contribution >= 0.6 is 0 Å². The molecule has 3 rings (SSSR count). The van der Waals surface area contributed by atoms with Gasteiger partial charge in [0, 0.05) is 37.1 Å². The van der Waals surface area contributed by atoms with Crippen LogP contribution in [0.2, 0.25) is 0 Å². The number of amides is 1. The number of fused-ring (bicyclic) bond motifs is 1. The maximum atomic E-state index is 11.7. The first-order valence-electron chi connectivity index (χ1n) is 6.61. The van der Waals surface area contributed by atoms with Crippen LogP contribution in [0.3, 0.4) is 0 Å². The maximum absolute atomic E-state index is 11.7. The lowest BCUT2D eigenvalue weighted by Crippen LogP contribution is -2.33. The van der Waals surface area contributed by atoms with E-state index in [4.69, 9.17) is 0 Å². The molecule has 2 atom stereocenters. The van der Waals surface area contributed by atoms with E-state index in [0.29, 0.717) is 12.0 Å². The summed E-state index contributed by atoms with van der Waals surface area (Å²) >= 11 is 0. The number of hydrogen-bond donors (Lipinski definition) is 2. The van der Waals surface area contributed by atoms with E-state index in [1.807, 2.05) is 12.3 Å². The Bertz CT molecular complexity index is 518. The van der Waals surface area contributed by atoms with Crippen LogP contribution in [0.1, 0.15) is 12.1 Å². The van der Waals surface area contributed by atoms with Crippen molar-refractivity contribution in [3.05, 3.63) is 42.0 Å². The molecule has 19 heavy (non-hydrogen) atoms.